The molecular weight excluding hydrogens is 356 g/mol. The zero-order chi connectivity index (χ0) is 18.1. The van der Waals surface area contributed by atoms with Crippen LogP contribution in [0.4, 0.5) is 0 Å². The number of aromatic nitrogens is 1. The fourth-order valence-corrected chi connectivity index (χ4v) is 3.04. The van der Waals surface area contributed by atoms with Crippen LogP contribution in [0, 0.1) is 0 Å². The van der Waals surface area contributed by atoms with Crippen molar-refractivity contribution in [3.63, 3.8) is 0 Å². The number of ether oxygens (including phenoxy) is 2. The molecule has 2 heterocycles. The van der Waals surface area contributed by atoms with E-state index < -0.39 is 0 Å². The zero-order valence-corrected chi connectivity index (χ0v) is 14.5. The SMILES string of the molecule is O=C(Cn1ccc(=O)c2ccc(Cl)cc21)NCc1ccc2c(c1)OCO2. The number of benzene rings is 2. The summed E-state index contributed by atoms with van der Waals surface area (Å²) in [6.45, 7) is 0.670. The van der Waals surface area contributed by atoms with Gasteiger partial charge in [0, 0.05) is 29.2 Å². The lowest BCUT2D eigenvalue weighted by Gasteiger charge is -2.11. The first-order valence-corrected chi connectivity index (χ1v) is 8.42. The average Bonchev–Trinajstić information content (AvgIpc) is 3.10. The van der Waals surface area contributed by atoms with Crippen molar-refractivity contribution in [2.45, 2.75) is 13.1 Å². The summed E-state index contributed by atoms with van der Waals surface area (Å²) < 4.78 is 12.3. The highest BCUT2D eigenvalue weighted by Crippen LogP contribution is 2.32. The molecule has 1 amide bonds. The molecule has 7 heteroatoms. The highest BCUT2D eigenvalue weighted by atomic mass is 35.5. The molecule has 2 aromatic carbocycles. The van der Waals surface area contributed by atoms with Crippen LogP contribution in [0.25, 0.3) is 10.9 Å². The molecule has 132 valence electrons. The Morgan fingerprint density at radius 1 is 1.12 bits per heavy atom. The third-order valence-corrected chi connectivity index (χ3v) is 4.42. The topological polar surface area (TPSA) is 69.6 Å². The van der Waals surface area contributed by atoms with Gasteiger partial charge in [0.25, 0.3) is 0 Å². The van der Waals surface area contributed by atoms with Crippen LogP contribution in [-0.2, 0) is 17.9 Å². The van der Waals surface area contributed by atoms with Crippen LogP contribution in [0.5, 0.6) is 11.5 Å². The van der Waals surface area contributed by atoms with Crippen molar-refractivity contribution in [2.75, 3.05) is 6.79 Å². The highest BCUT2D eigenvalue weighted by molar-refractivity contribution is 6.31. The van der Waals surface area contributed by atoms with Crippen molar-refractivity contribution in [3.05, 3.63) is 69.5 Å². The van der Waals surface area contributed by atoms with Crippen molar-refractivity contribution in [2.24, 2.45) is 0 Å². The van der Waals surface area contributed by atoms with Gasteiger partial charge in [-0.3, -0.25) is 9.59 Å². The third-order valence-electron chi connectivity index (χ3n) is 4.18. The van der Waals surface area contributed by atoms with E-state index in [2.05, 4.69) is 5.32 Å². The first kappa shape index (κ1) is 16.5. The first-order valence-electron chi connectivity index (χ1n) is 8.04. The molecule has 0 saturated carbocycles. The van der Waals surface area contributed by atoms with Crippen molar-refractivity contribution in [3.8, 4) is 11.5 Å². The minimum atomic E-state index is -0.174. The van der Waals surface area contributed by atoms with E-state index in [1.165, 1.54) is 6.07 Å². The standard InChI is InChI=1S/C19H15ClN2O4/c20-13-2-3-14-15(8-13)22(6-5-16(14)23)10-19(24)21-9-12-1-4-17-18(7-12)26-11-25-17/h1-8H,9-11H2,(H,21,24). The Morgan fingerprint density at radius 3 is 2.85 bits per heavy atom. The zero-order valence-electron chi connectivity index (χ0n) is 13.7. The minimum absolute atomic E-state index is 0.0850. The van der Waals surface area contributed by atoms with Crippen LogP contribution in [0.3, 0.4) is 0 Å². The predicted molar refractivity (Wildman–Crippen MR) is 97.6 cm³/mol. The normalized spacial score (nSPS) is 12.3. The maximum Gasteiger partial charge on any atom is 0.240 e. The number of carbonyl (C=O) groups excluding carboxylic acids is 1. The summed E-state index contributed by atoms with van der Waals surface area (Å²) in [5.41, 5.74) is 1.44. The van der Waals surface area contributed by atoms with Crippen molar-refractivity contribution < 1.29 is 14.3 Å². The summed E-state index contributed by atoms with van der Waals surface area (Å²) in [5, 5.41) is 3.91. The van der Waals surface area contributed by atoms with E-state index >= 15 is 0 Å². The van der Waals surface area contributed by atoms with Crippen LogP contribution in [0.15, 0.2) is 53.5 Å². The molecule has 0 bridgehead atoms. The van der Waals surface area contributed by atoms with Gasteiger partial charge in [0.2, 0.25) is 12.7 Å². The number of rotatable bonds is 4. The van der Waals surface area contributed by atoms with E-state index in [9.17, 15) is 9.59 Å². The minimum Gasteiger partial charge on any atom is -0.454 e. The number of nitrogens with zero attached hydrogens (tertiary/aromatic N) is 1. The van der Waals surface area contributed by atoms with Gasteiger partial charge in [0.15, 0.2) is 16.9 Å². The Labute approximate surface area is 153 Å². The van der Waals surface area contributed by atoms with Gasteiger partial charge in [-0.25, -0.2) is 0 Å². The lowest BCUT2D eigenvalue weighted by molar-refractivity contribution is -0.121. The van der Waals surface area contributed by atoms with Gasteiger partial charge < -0.3 is 19.4 Å². The van der Waals surface area contributed by atoms with Gasteiger partial charge in [-0.1, -0.05) is 17.7 Å². The Bertz CT molecular complexity index is 1060. The van der Waals surface area contributed by atoms with Crippen molar-refractivity contribution in [1.82, 2.24) is 9.88 Å². The van der Waals surface area contributed by atoms with Crippen LogP contribution >= 0.6 is 11.6 Å². The largest absolute Gasteiger partial charge is 0.454 e. The number of pyridine rings is 1. The summed E-state index contributed by atoms with van der Waals surface area (Å²) in [6, 6.07) is 12.0. The number of carbonyl (C=O) groups is 1. The molecule has 0 saturated heterocycles. The Balaban J connectivity index is 1.48. The Morgan fingerprint density at radius 2 is 1.96 bits per heavy atom. The van der Waals surface area contributed by atoms with Crippen LogP contribution < -0.4 is 20.2 Å². The van der Waals surface area contributed by atoms with E-state index in [0.717, 1.165) is 5.56 Å². The molecule has 26 heavy (non-hydrogen) atoms. The summed E-state index contributed by atoms with van der Waals surface area (Å²) >= 11 is 6.03. The molecule has 1 aliphatic rings. The van der Waals surface area contributed by atoms with Gasteiger partial charge in [0.05, 0.1) is 5.52 Å². The molecule has 0 spiro atoms. The van der Waals surface area contributed by atoms with Crippen molar-refractivity contribution in [1.29, 1.82) is 0 Å². The summed E-state index contributed by atoms with van der Waals surface area (Å²) in [5.74, 6) is 1.21. The molecule has 0 atom stereocenters. The lowest BCUT2D eigenvalue weighted by Crippen LogP contribution is -2.27. The molecule has 1 aliphatic heterocycles. The van der Waals surface area contributed by atoms with E-state index in [-0.39, 0.29) is 24.7 Å². The van der Waals surface area contributed by atoms with E-state index in [0.29, 0.717) is 34.0 Å². The molecule has 0 unspecified atom stereocenters. The number of nitrogens with one attached hydrogen (secondary N) is 1. The molecule has 3 aromatic rings. The number of halogens is 1. The van der Waals surface area contributed by atoms with E-state index in [1.807, 2.05) is 18.2 Å². The maximum atomic E-state index is 12.3. The molecule has 4 rings (SSSR count). The predicted octanol–water partition coefficient (Wildman–Crippen LogP) is 2.70. The quantitative estimate of drug-likeness (QED) is 0.766. The second kappa shape index (κ2) is 6.72. The molecule has 6 nitrogen and oxygen atoms in total. The monoisotopic (exact) mass is 370 g/mol. The number of amides is 1. The molecular formula is C19H15ClN2O4. The molecule has 1 aromatic heterocycles. The number of hydrogen-bond acceptors (Lipinski definition) is 4. The van der Waals surface area contributed by atoms with Crippen LogP contribution in [-0.4, -0.2) is 17.3 Å². The summed E-state index contributed by atoms with van der Waals surface area (Å²) in [6.07, 6.45) is 1.60. The Hall–Kier alpha value is -2.99. The van der Waals surface area contributed by atoms with Gasteiger partial charge in [0.1, 0.15) is 6.54 Å². The van der Waals surface area contributed by atoms with E-state index in [1.54, 1.807) is 29.0 Å². The summed E-state index contributed by atoms with van der Waals surface area (Å²) in [4.78, 5) is 24.3. The van der Waals surface area contributed by atoms with Crippen molar-refractivity contribution >= 4 is 28.4 Å². The Kier molecular flexibility index (Phi) is 4.26. The summed E-state index contributed by atoms with van der Waals surface area (Å²) in [7, 11) is 0. The molecule has 0 aliphatic carbocycles. The van der Waals surface area contributed by atoms with Gasteiger partial charge in [-0.05, 0) is 35.9 Å². The lowest BCUT2D eigenvalue weighted by atomic mass is 10.2. The third kappa shape index (κ3) is 3.23. The van der Waals surface area contributed by atoms with Gasteiger partial charge in [-0.2, -0.15) is 0 Å². The highest BCUT2D eigenvalue weighted by Gasteiger charge is 2.13. The average molecular weight is 371 g/mol. The second-order valence-electron chi connectivity index (χ2n) is 5.93. The van der Waals surface area contributed by atoms with Gasteiger partial charge in [-0.15, -0.1) is 0 Å². The molecule has 0 radical (unpaired) electrons. The van der Waals surface area contributed by atoms with Crippen LogP contribution in [0.2, 0.25) is 5.02 Å². The maximum absolute atomic E-state index is 12.3. The fraction of sp³-hybridized carbons (Fsp3) is 0.158. The second-order valence-corrected chi connectivity index (χ2v) is 6.37. The fourth-order valence-electron chi connectivity index (χ4n) is 2.88. The number of hydrogen-bond donors (Lipinski definition) is 1. The van der Waals surface area contributed by atoms with E-state index in [4.69, 9.17) is 21.1 Å². The molecule has 1 N–H and O–H groups in total. The molecule has 0 fully saturated rings. The smallest absolute Gasteiger partial charge is 0.240 e. The number of fused-ring (bicyclic) bond motifs is 2. The van der Waals surface area contributed by atoms with Crippen LogP contribution in [0.1, 0.15) is 5.56 Å². The first-order chi connectivity index (χ1) is 12.6. The van der Waals surface area contributed by atoms with Gasteiger partial charge >= 0.3 is 0 Å².